The summed E-state index contributed by atoms with van der Waals surface area (Å²) in [4.78, 5) is 85.2. The van der Waals surface area contributed by atoms with Crippen molar-refractivity contribution in [3.05, 3.63) is 44.2 Å². The Bertz CT molecular complexity index is 1430. The minimum Gasteiger partial charge on any atom is -0.350 e. The second-order valence-corrected chi connectivity index (χ2v) is 15.9. The van der Waals surface area contributed by atoms with Gasteiger partial charge in [-0.3, -0.25) is 39.8 Å². The Morgan fingerprint density at radius 2 is 1.16 bits per heavy atom. The van der Waals surface area contributed by atoms with Crippen LogP contribution in [0.3, 0.4) is 0 Å². The van der Waals surface area contributed by atoms with E-state index in [4.69, 9.17) is 0 Å². The van der Waals surface area contributed by atoms with Gasteiger partial charge in [-0.25, -0.2) is 19.6 Å². The maximum atomic E-state index is 12.6. The number of nitrogens with one attached hydrogen (secondary N) is 7. The molecule has 2 aromatic rings. The van der Waals surface area contributed by atoms with Crippen LogP contribution in [0.4, 0.5) is 21.5 Å². The summed E-state index contributed by atoms with van der Waals surface area (Å²) in [6.07, 6.45) is 2.63. The van der Waals surface area contributed by atoms with Crippen LogP contribution < -0.4 is 37.7 Å². The van der Waals surface area contributed by atoms with Crippen molar-refractivity contribution >= 4 is 57.2 Å². The molecule has 0 unspecified atom stereocenters. The number of urea groups is 2. The van der Waals surface area contributed by atoms with Crippen LogP contribution in [0.5, 0.6) is 0 Å². The predicted molar refractivity (Wildman–Crippen MR) is 198 cm³/mol. The number of nitrogens with zero attached hydrogens (tertiary/aromatic N) is 4. The van der Waals surface area contributed by atoms with Crippen LogP contribution in [0.2, 0.25) is 0 Å². The van der Waals surface area contributed by atoms with E-state index in [1.807, 2.05) is 28.2 Å². The van der Waals surface area contributed by atoms with Gasteiger partial charge in [0.2, 0.25) is 11.9 Å². The summed E-state index contributed by atoms with van der Waals surface area (Å²) in [7, 11) is 11.3. The number of aromatic nitrogens is 4. The lowest BCUT2D eigenvalue weighted by molar-refractivity contribution is -0.882. The third kappa shape index (κ3) is 19.3. The summed E-state index contributed by atoms with van der Waals surface area (Å²) in [5, 5.41) is 13.4. The molecule has 0 aliphatic carbocycles. The van der Waals surface area contributed by atoms with Gasteiger partial charge in [0.15, 0.2) is 12.3 Å². The zero-order valence-corrected chi connectivity index (χ0v) is 31.5. The highest BCUT2D eigenvalue weighted by molar-refractivity contribution is 8.76. The van der Waals surface area contributed by atoms with Crippen molar-refractivity contribution in [3.8, 4) is 0 Å². The van der Waals surface area contributed by atoms with Crippen LogP contribution in [0.25, 0.3) is 0 Å². The minimum absolute atomic E-state index is 0.0386. The summed E-state index contributed by atoms with van der Waals surface area (Å²) in [5.74, 6) is 1.94. The highest BCUT2D eigenvalue weighted by Gasteiger charge is 2.21. The van der Waals surface area contributed by atoms with Crippen LogP contribution in [0, 0.1) is 13.8 Å². The number of hydrogen-bond acceptors (Lipinski definition) is 10. The van der Waals surface area contributed by atoms with Crippen molar-refractivity contribution in [2.24, 2.45) is 0 Å². The fourth-order valence-electron chi connectivity index (χ4n) is 4.84. The number of carbonyl (C=O) groups excluding carboxylic acids is 4. The second-order valence-electron chi connectivity index (χ2n) is 13.2. The highest BCUT2D eigenvalue weighted by atomic mass is 33.1. The zero-order valence-electron chi connectivity index (χ0n) is 29.9. The summed E-state index contributed by atoms with van der Waals surface area (Å²) >= 11 is 0. The number of anilines is 2. The number of likely N-dealkylation sites (N-methyl/N-ethyl adjacent to an activating group) is 2. The topological polar surface area (TPSA) is 220 Å². The molecule has 0 spiro atoms. The summed E-state index contributed by atoms with van der Waals surface area (Å²) in [6.45, 7) is 6.83. The molecule has 17 nitrogen and oxygen atoms in total. The molecule has 0 aromatic carbocycles. The molecule has 0 aliphatic heterocycles. The van der Waals surface area contributed by atoms with Crippen LogP contribution in [-0.2, 0) is 9.59 Å². The van der Waals surface area contributed by atoms with Gasteiger partial charge >= 0.3 is 12.1 Å². The monoisotopic (exact) mass is 739 g/mol. The second kappa shape index (κ2) is 21.3. The van der Waals surface area contributed by atoms with E-state index in [9.17, 15) is 28.8 Å². The van der Waals surface area contributed by atoms with Crippen molar-refractivity contribution in [2.75, 3.05) is 96.1 Å². The van der Waals surface area contributed by atoms with Crippen molar-refractivity contribution in [1.82, 2.24) is 35.9 Å². The number of quaternary nitrogens is 2. The molecule has 0 radical (unpaired) electrons. The Balaban J connectivity index is 1.47. The first-order valence-electron chi connectivity index (χ1n) is 16.4. The standard InChI is InChI=1S/C31H51N11O6S2/c1-22-18-25(44)37-28(35-22)39-30(47)33-11-8-14-41(3,4)20-24(43)10-7-16-49-50-17-13-32-27(46)21-42(5,6)15-9-12-34-31(48)40-29-36-23(2)19-26(45)38-29/h18-19H,7-17,20-21H2,1-6H3,(H5-2,32,33,34,35,36,37,38,39,40,44,45,46,47,48)/p+2. The molecule has 0 fully saturated rings. The molecule has 7 N–H and O–H groups in total. The van der Waals surface area contributed by atoms with Crippen LogP contribution in [0.1, 0.15) is 37.1 Å². The van der Waals surface area contributed by atoms with Gasteiger partial charge < -0.3 is 24.9 Å². The molecule has 0 saturated carbocycles. The van der Waals surface area contributed by atoms with Gasteiger partial charge in [-0.05, 0) is 20.3 Å². The Labute approximate surface area is 300 Å². The smallest absolute Gasteiger partial charge is 0.321 e. The number of ketones is 1. The molecular weight excluding hydrogens is 687 g/mol. The lowest BCUT2D eigenvalue weighted by Gasteiger charge is -2.29. The van der Waals surface area contributed by atoms with Gasteiger partial charge in [-0.2, -0.15) is 0 Å². The van der Waals surface area contributed by atoms with E-state index in [1.165, 1.54) is 12.1 Å². The van der Waals surface area contributed by atoms with Gasteiger partial charge in [0.25, 0.3) is 17.0 Å². The van der Waals surface area contributed by atoms with E-state index in [2.05, 4.69) is 46.5 Å². The number of aromatic amines is 2. The summed E-state index contributed by atoms with van der Waals surface area (Å²) in [6, 6.07) is 1.75. The zero-order chi connectivity index (χ0) is 37.2. The van der Waals surface area contributed by atoms with Gasteiger partial charge in [0, 0.05) is 73.9 Å². The number of aryl methyl sites for hydroxylation is 2. The molecule has 0 aliphatic rings. The molecule has 50 heavy (non-hydrogen) atoms. The molecule has 19 heteroatoms. The first-order chi connectivity index (χ1) is 23.5. The highest BCUT2D eigenvalue weighted by Crippen LogP contribution is 2.22. The first kappa shape index (κ1) is 42.2. The molecule has 2 rings (SSSR count). The third-order valence-corrected chi connectivity index (χ3v) is 9.60. The first-order valence-corrected chi connectivity index (χ1v) is 18.9. The quantitative estimate of drug-likeness (QED) is 0.0520. The Morgan fingerprint density at radius 3 is 1.66 bits per heavy atom. The van der Waals surface area contributed by atoms with Crippen molar-refractivity contribution < 1.29 is 28.1 Å². The van der Waals surface area contributed by atoms with Gasteiger partial charge in [0.05, 0.1) is 41.3 Å². The normalized spacial score (nSPS) is 11.5. The van der Waals surface area contributed by atoms with Gasteiger partial charge in [-0.1, -0.05) is 21.6 Å². The Hall–Kier alpha value is -3.94. The van der Waals surface area contributed by atoms with Gasteiger partial charge in [0.1, 0.15) is 6.54 Å². The molecule has 2 heterocycles. The molecule has 0 atom stereocenters. The number of H-pyrrole nitrogens is 2. The summed E-state index contributed by atoms with van der Waals surface area (Å²) in [5.41, 5.74) is 0.326. The fraction of sp³-hybridized carbons (Fsp3) is 0.613. The number of Topliss-reactive ketones (excluding diaryl/α,β-unsaturated/α-hetero) is 1. The van der Waals surface area contributed by atoms with Gasteiger partial charge in [-0.15, -0.1) is 0 Å². The largest absolute Gasteiger partial charge is 0.350 e. The number of rotatable bonds is 22. The summed E-state index contributed by atoms with van der Waals surface area (Å²) < 4.78 is 0.994. The fourth-order valence-corrected chi connectivity index (χ4v) is 6.83. The molecule has 0 bridgehead atoms. The maximum Gasteiger partial charge on any atom is 0.321 e. The van der Waals surface area contributed by atoms with E-state index in [1.54, 1.807) is 35.4 Å². The lowest BCUT2D eigenvalue weighted by Crippen LogP contribution is -2.49. The van der Waals surface area contributed by atoms with Crippen molar-refractivity contribution in [3.63, 3.8) is 0 Å². The molecule has 278 valence electrons. The average Bonchev–Trinajstić information content (AvgIpc) is 2.97. The van der Waals surface area contributed by atoms with E-state index in [-0.39, 0.29) is 34.7 Å². The molecule has 0 saturated heterocycles. The van der Waals surface area contributed by atoms with E-state index >= 15 is 0 Å². The maximum absolute atomic E-state index is 12.6. The van der Waals surface area contributed by atoms with E-state index in [0.717, 1.165) is 17.9 Å². The Morgan fingerprint density at radius 1 is 0.680 bits per heavy atom. The number of amides is 5. The minimum atomic E-state index is -0.466. The predicted octanol–water partition coefficient (Wildman–Crippen LogP) is 1.19. The SMILES string of the molecule is Cc1cc(=O)[nH]c(NC(=O)NCCC[N+](C)(C)CC(=O)CCCSSCCNC(=O)C[N+](C)(C)CCCNC(=O)Nc2nc(C)cc(=O)[nH]2)n1. The van der Waals surface area contributed by atoms with E-state index in [0.29, 0.717) is 85.4 Å². The lowest BCUT2D eigenvalue weighted by atomic mass is 10.2. The molecule has 5 amide bonds. The number of carbonyl (C=O) groups is 4. The molecular formula is C31H53N11O6S2+2. The third-order valence-electron chi connectivity index (χ3n) is 7.11. The van der Waals surface area contributed by atoms with Crippen LogP contribution in [0.15, 0.2) is 21.7 Å². The number of hydrogen-bond donors (Lipinski definition) is 7. The van der Waals surface area contributed by atoms with Crippen LogP contribution >= 0.6 is 21.6 Å². The van der Waals surface area contributed by atoms with Crippen molar-refractivity contribution in [1.29, 1.82) is 0 Å². The molecule has 2 aromatic heterocycles. The average molecular weight is 740 g/mol. The Kier molecular flexibility index (Phi) is 18.0. The van der Waals surface area contributed by atoms with Crippen LogP contribution in [-0.4, -0.2) is 138 Å². The van der Waals surface area contributed by atoms with Crippen molar-refractivity contribution in [2.45, 2.75) is 39.5 Å². The van der Waals surface area contributed by atoms with E-state index < -0.39 is 12.1 Å².